The van der Waals surface area contributed by atoms with Gasteiger partial charge < -0.3 is 20.5 Å². The zero-order chi connectivity index (χ0) is 20.6. The molecule has 6 nitrogen and oxygen atoms in total. The molecule has 0 heterocycles. The molecule has 0 radical (unpaired) electrons. The molecule has 3 rings (SSSR count). The molecule has 0 aromatic heterocycles. The van der Waals surface area contributed by atoms with Crippen molar-refractivity contribution in [3.05, 3.63) is 28.8 Å². The Balaban J connectivity index is 0.00000320. The van der Waals surface area contributed by atoms with Crippen LogP contribution in [0.3, 0.4) is 0 Å². The van der Waals surface area contributed by atoms with Crippen molar-refractivity contribution >= 4 is 35.9 Å². The zero-order valence-corrected chi connectivity index (χ0v) is 20.5. The predicted octanol–water partition coefficient (Wildman–Crippen LogP) is 4.07. The van der Waals surface area contributed by atoms with Crippen LogP contribution in [0.5, 0.6) is 5.75 Å². The van der Waals surface area contributed by atoms with Gasteiger partial charge in [0, 0.05) is 18.2 Å². The van der Waals surface area contributed by atoms with E-state index in [1.165, 1.54) is 24.0 Å². The van der Waals surface area contributed by atoms with Crippen LogP contribution in [0.2, 0.25) is 0 Å². The number of aromatic hydroxyl groups is 1. The average Bonchev–Trinajstić information content (AvgIpc) is 2.74. The molecule has 0 amide bonds. The van der Waals surface area contributed by atoms with Crippen molar-refractivity contribution < 1.29 is 14.6 Å². The number of nitrogens with one attached hydrogen (secondary N) is 2. The Kier molecular flexibility index (Phi) is 10.2. The maximum absolute atomic E-state index is 11.9. The number of rotatable bonds is 6. The Bertz CT molecular complexity index is 731. The number of esters is 1. The first-order chi connectivity index (χ1) is 14.1. The molecule has 1 fully saturated rings. The van der Waals surface area contributed by atoms with E-state index in [0.29, 0.717) is 24.9 Å². The normalized spacial score (nSPS) is 21.2. The number of aryl methyl sites for hydroxylation is 1. The van der Waals surface area contributed by atoms with Crippen LogP contribution in [-0.2, 0) is 28.9 Å². The Morgan fingerprint density at radius 1 is 1.17 bits per heavy atom. The van der Waals surface area contributed by atoms with E-state index >= 15 is 0 Å². The summed E-state index contributed by atoms with van der Waals surface area (Å²) in [7, 11) is 0. The molecule has 0 aliphatic heterocycles. The van der Waals surface area contributed by atoms with Crippen molar-refractivity contribution in [3.63, 3.8) is 0 Å². The summed E-state index contributed by atoms with van der Waals surface area (Å²) in [5, 5.41) is 17.2. The van der Waals surface area contributed by atoms with Gasteiger partial charge in [0.05, 0.1) is 19.1 Å². The van der Waals surface area contributed by atoms with Gasteiger partial charge in [-0.3, -0.25) is 4.79 Å². The Morgan fingerprint density at radius 2 is 1.90 bits per heavy atom. The largest absolute Gasteiger partial charge is 0.508 e. The Morgan fingerprint density at radius 3 is 2.60 bits per heavy atom. The van der Waals surface area contributed by atoms with Crippen LogP contribution in [0.25, 0.3) is 0 Å². The summed E-state index contributed by atoms with van der Waals surface area (Å²) in [6.07, 6.45) is 8.07. The number of fused-ring (bicyclic) bond motifs is 1. The first-order valence-corrected chi connectivity index (χ1v) is 11.2. The van der Waals surface area contributed by atoms with Gasteiger partial charge in [-0.05, 0) is 82.4 Å². The lowest BCUT2D eigenvalue weighted by molar-refractivity contribution is -0.149. The summed E-state index contributed by atoms with van der Waals surface area (Å²) in [5.74, 6) is 1.09. The molecule has 0 unspecified atom stereocenters. The molecule has 168 valence electrons. The number of phenols is 1. The second-order valence-electron chi connectivity index (χ2n) is 8.05. The number of guanidine groups is 1. The number of benzene rings is 1. The molecule has 0 spiro atoms. The first kappa shape index (κ1) is 24.8. The van der Waals surface area contributed by atoms with E-state index in [4.69, 9.17) is 9.73 Å². The van der Waals surface area contributed by atoms with Gasteiger partial charge in [0.2, 0.25) is 0 Å². The fourth-order valence-corrected chi connectivity index (χ4v) is 4.47. The smallest absolute Gasteiger partial charge is 0.308 e. The maximum Gasteiger partial charge on any atom is 0.308 e. The van der Waals surface area contributed by atoms with Crippen LogP contribution in [0.4, 0.5) is 0 Å². The molecule has 1 aromatic carbocycles. The molecular weight excluding hydrogens is 493 g/mol. The third-order valence-corrected chi connectivity index (χ3v) is 6.05. The highest BCUT2D eigenvalue weighted by Crippen LogP contribution is 2.31. The quantitative estimate of drug-likeness (QED) is 0.224. The number of aliphatic imine (C=N–C) groups is 1. The average molecular weight is 529 g/mol. The van der Waals surface area contributed by atoms with Crippen molar-refractivity contribution in [2.75, 3.05) is 13.2 Å². The predicted molar refractivity (Wildman–Crippen MR) is 130 cm³/mol. The number of phenolic OH excluding ortho intramolecular Hbond substituents is 1. The van der Waals surface area contributed by atoms with Crippen molar-refractivity contribution in [2.24, 2.45) is 10.9 Å². The minimum absolute atomic E-state index is 0. The number of nitrogens with zero attached hydrogens (tertiary/aromatic N) is 1. The van der Waals surface area contributed by atoms with Crippen molar-refractivity contribution in [2.45, 2.75) is 77.8 Å². The van der Waals surface area contributed by atoms with Gasteiger partial charge >= 0.3 is 5.97 Å². The monoisotopic (exact) mass is 529 g/mol. The fourth-order valence-electron chi connectivity index (χ4n) is 4.47. The number of halogens is 1. The molecule has 2 aliphatic carbocycles. The lowest BCUT2D eigenvalue weighted by Crippen LogP contribution is -2.45. The molecule has 2 aliphatic rings. The lowest BCUT2D eigenvalue weighted by Gasteiger charge is -2.29. The highest BCUT2D eigenvalue weighted by Gasteiger charge is 2.27. The molecule has 7 heteroatoms. The van der Waals surface area contributed by atoms with Crippen molar-refractivity contribution in [1.82, 2.24) is 10.6 Å². The van der Waals surface area contributed by atoms with Crippen LogP contribution in [0.15, 0.2) is 17.1 Å². The number of hydrogen-bond donors (Lipinski definition) is 3. The lowest BCUT2D eigenvalue weighted by atomic mass is 9.86. The third kappa shape index (κ3) is 6.49. The van der Waals surface area contributed by atoms with Gasteiger partial charge in [-0.25, -0.2) is 4.99 Å². The van der Waals surface area contributed by atoms with E-state index in [-0.39, 0.29) is 35.9 Å². The van der Waals surface area contributed by atoms with Gasteiger partial charge in [-0.1, -0.05) is 6.07 Å². The van der Waals surface area contributed by atoms with E-state index in [9.17, 15) is 9.90 Å². The van der Waals surface area contributed by atoms with Crippen molar-refractivity contribution in [3.8, 4) is 5.75 Å². The van der Waals surface area contributed by atoms with E-state index in [1.807, 2.05) is 13.0 Å². The molecule has 0 atom stereocenters. The minimum atomic E-state index is -0.0594. The zero-order valence-electron chi connectivity index (χ0n) is 18.2. The molecule has 1 saturated carbocycles. The second-order valence-corrected chi connectivity index (χ2v) is 8.05. The van der Waals surface area contributed by atoms with Crippen LogP contribution >= 0.6 is 24.0 Å². The summed E-state index contributed by atoms with van der Waals surface area (Å²) in [5.41, 5.74) is 3.60. The van der Waals surface area contributed by atoms with Gasteiger partial charge in [0.1, 0.15) is 5.75 Å². The van der Waals surface area contributed by atoms with Crippen molar-refractivity contribution in [1.29, 1.82) is 0 Å². The maximum atomic E-state index is 11.9. The van der Waals surface area contributed by atoms with Gasteiger partial charge in [0.25, 0.3) is 0 Å². The SMILES string of the molecule is CCNC(=NCc1c(O)ccc2c1CCCC2)NC1CCC(C(=O)OCC)CC1.I. The van der Waals surface area contributed by atoms with Gasteiger partial charge in [0.15, 0.2) is 5.96 Å². The molecular formula is C23H36IN3O3. The second kappa shape index (κ2) is 12.4. The highest BCUT2D eigenvalue weighted by molar-refractivity contribution is 14.0. The van der Waals surface area contributed by atoms with E-state index in [2.05, 4.69) is 23.6 Å². The Hall–Kier alpha value is -1.51. The number of hydrogen-bond acceptors (Lipinski definition) is 4. The first-order valence-electron chi connectivity index (χ1n) is 11.2. The van der Waals surface area contributed by atoms with E-state index < -0.39 is 0 Å². The van der Waals surface area contributed by atoms with Crippen LogP contribution in [0, 0.1) is 5.92 Å². The molecule has 0 bridgehead atoms. The highest BCUT2D eigenvalue weighted by atomic mass is 127. The summed E-state index contributed by atoms with van der Waals surface area (Å²) in [6, 6.07) is 4.17. The van der Waals surface area contributed by atoms with Crippen LogP contribution < -0.4 is 10.6 Å². The summed E-state index contributed by atoms with van der Waals surface area (Å²) < 4.78 is 5.16. The number of ether oxygens (including phenoxy) is 1. The van der Waals surface area contributed by atoms with E-state index in [1.54, 1.807) is 0 Å². The minimum Gasteiger partial charge on any atom is -0.508 e. The number of carbonyl (C=O) groups excluding carboxylic acids is 1. The summed E-state index contributed by atoms with van der Waals surface area (Å²) in [6.45, 7) is 5.61. The molecule has 3 N–H and O–H groups in total. The van der Waals surface area contributed by atoms with E-state index in [0.717, 1.165) is 56.6 Å². The van der Waals surface area contributed by atoms with Crippen LogP contribution in [0.1, 0.15) is 69.1 Å². The fraction of sp³-hybridized carbons (Fsp3) is 0.652. The third-order valence-electron chi connectivity index (χ3n) is 6.05. The summed E-state index contributed by atoms with van der Waals surface area (Å²) >= 11 is 0. The number of carbonyl (C=O) groups is 1. The topological polar surface area (TPSA) is 83.0 Å². The molecule has 0 saturated heterocycles. The molecule has 30 heavy (non-hydrogen) atoms. The van der Waals surface area contributed by atoms with Gasteiger partial charge in [-0.15, -0.1) is 24.0 Å². The standard InChI is InChI=1S/C23H35N3O3.HI/c1-3-24-23(26-18-12-9-17(10-13-18)22(28)29-4-2)25-15-20-19-8-6-5-7-16(19)11-14-21(20)27;/h11,14,17-18,27H,3-10,12-13,15H2,1-2H3,(H2,24,25,26);1H. The van der Waals surface area contributed by atoms with Crippen LogP contribution in [-0.4, -0.2) is 36.2 Å². The summed E-state index contributed by atoms with van der Waals surface area (Å²) in [4.78, 5) is 16.7. The van der Waals surface area contributed by atoms with Gasteiger partial charge in [-0.2, -0.15) is 0 Å². The molecule has 1 aromatic rings. The Labute approximate surface area is 197 Å².